The molecule has 3 nitrogen and oxygen atoms in total. The molecule has 0 radical (unpaired) electrons. The topological polar surface area (TPSA) is 21.1 Å². The molecular formula is C9H15N3. The second kappa shape index (κ2) is 2.90. The second-order valence-corrected chi connectivity index (χ2v) is 3.48. The lowest BCUT2D eigenvalue weighted by Crippen LogP contribution is -2.45. The van der Waals surface area contributed by atoms with E-state index in [-0.39, 0.29) is 0 Å². The summed E-state index contributed by atoms with van der Waals surface area (Å²) in [7, 11) is 2.15. The van der Waals surface area contributed by atoms with Gasteiger partial charge in [-0.2, -0.15) is 0 Å². The van der Waals surface area contributed by atoms with Crippen molar-refractivity contribution in [2.24, 2.45) is 0 Å². The standard InChI is InChI=1S/C9H15N3/c1-3-9-10-4-5-12(9)8-6-11(2)7-8/h4-5,8H,3,6-7H2,1-2H3. The molecule has 12 heavy (non-hydrogen) atoms. The van der Waals surface area contributed by atoms with E-state index in [1.54, 1.807) is 0 Å². The van der Waals surface area contributed by atoms with Crippen molar-refractivity contribution in [2.75, 3.05) is 20.1 Å². The van der Waals surface area contributed by atoms with Gasteiger partial charge in [0, 0.05) is 31.9 Å². The number of hydrogen-bond donors (Lipinski definition) is 0. The summed E-state index contributed by atoms with van der Waals surface area (Å²) in [5.41, 5.74) is 0. The van der Waals surface area contributed by atoms with E-state index < -0.39 is 0 Å². The zero-order valence-electron chi connectivity index (χ0n) is 7.70. The van der Waals surface area contributed by atoms with Gasteiger partial charge in [-0.1, -0.05) is 6.92 Å². The van der Waals surface area contributed by atoms with Crippen molar-refractivity contribution in [3.05, 3.63) is 18.2 Å². The molecule has 0 spiro atoms. The Morgan fingerprint density at radius 1 is 1.58 bits per heavy atom. The first-order chi connectivity index (χ1) is 5.81. The van der Waals surface area contributed by atoms with Crippen LogP contribution in [-0.4, -0.2) is 34.6 Å². The SMILES string of the molecule is CCc1nccn1C1CN(C)C1. The quantitative estimate of drug-likeness (QED) is 0.650. The molecule has 1 aliphatic rings. The number of likely N-dealkylation sites (N-methyl/N-ethyl adjacent to an activating group) is 1. The first-order valence-electron chi connectivity index (χ1n) is 4.51. The summed E-state index contributed by atoms with van der Waals surface area (Å²) in [5, 5.41) is 0. The lowest BCUT2D eigenvalue weighted by molar-refractivity contribution is 0.138. The van der Waals surface area contributed by atoms with E-state index in [4.69, 9.17) is 0 Å². The third-order valence-corrected chi connectivity index (χ3v) is 2.50. The maximum Gasteiger partial charge on any atom is 0.108 e. The Hall–Kier alpha value is -0.830. The van der Waals surface area contributed by atoms with Gasteiger partial charge in [-0.15, -0.1) is 0 Å². The molecule has 0 saturated carbocycles. The summed E-state index contributed by atoms with van der Waals surface area (Å²) in [6, 6.07) is 0.674. The monoisotopic (exact) mass is 165 g/mol. The molecule has 1 saturated heterocycles. The number of nitrogens with zero attached hydrogens (tertiary/aromatic N) is 3. The Morgan fingerprint density at radius 3 is 2.92 bits per heavy atom. The van der Waals surface area contributed by atoms with Crippen molar-refractivity contribution < 1.29 is 0 Å². The fourth-order valence-electron chi connectivity index (χ4n) is 1.79. The predicted molar refractivity (Wildman–Crippen MR) is 48.1 cm³/mol. The zero-order chi connectivity index (χ0) is 8.55. The average Bonchev–Trinajstić information content (AvgIpc) is 2.45. The lowest BCUT2D eigenvalue weighted by Gasteiger charge is -2.37. The van der Waals surface area contributed by atoms with E-state index in [1.807, 2.05) is 6.20 Å². The summed E-state index contributed by atoms with van der Waals surface area (Å²) >= 11 is 0. The summed E-state index contributed by atoms with van der Waals surface area (Å²) in [4.78, 5) is 6.63. The summed E-state index contributed by atoms with van der Waals surface area (Å²) in [6.45, 7) is 4.49. The molecule has 0 amide bonds. The Kier molecular flexibility index (Phi) is 1.89. The van der Waals surface area contributed by atoms with E-state index in [0.29, 0.717) is 6.04 Å². The van der Waals surface area contributed by atoms with Gasteiger partial charge in [-0.25, -0.2) is 4.98 Å². The largest absolute Gasteiger partial charge is 0.329 e. The average molecular weight is 165 g/mol. The molecule has 0 atom stereocenters. The van der Waals surface area contributed by atoms with E-state index in [2.05, 4.69) is 34.6 Å². The molecule has 0 unspecified atom stereocenters. The highest BCUT2D eigenvalue weighted by Crippen LogP contribution is 2.20. The minimum Gasteiger partial charge on any atom is -0.329 e. The number of aryl methyl sites for hydroxylation is 1. The van der Waals surface area contributed by atoms with Crippen molar-refractivity contribution in [3.63, 3.8) is 0 Å². The lowest BCUT2D eigenvalue weighted by atomic mass is 10.1. The van der Waals surface area contributed by atoms with Crippen LogP contribution in [0.15, 0.2) is 12.4 Å². The van der Waals surface area contributed by atoms with E-state index >= 15 is 0 Å². The van der Waals surface area contributed by atoms with Crippen molar-refractivity contribution in [2.45, 2.75) is 19.4 Å². The Balaban J connectivity index is 2.12. The van der Waals surface area contributed by atoms with Crippen LogP contribution >= 0.6 is 0 Å². The highest BCUT2D eigenvalue weighted by atomic mass is 15.3. The highest BCUT2D eigenvalue weighted by molar-refractivity contribution is 4.98. The van der Waals surface area contributed by atoms with Crippen LogP contribution in [0.5, 0.6) is 0 Å². The van der Waals surface area contributed by atoms with E-state index in [1.165, 1.54) is 18.9 Å². The Labute approximate surface area is 73.0 Å². The highest BCUT2D eigenvalue weighted by Gasteiger charge is 2.25. The van der Waals surface area contributed by atoms with Crippen LogP contribution in [0, 0.1) is 0 Å². The van der Waals surface area contributed by atoms with Crippen LogP contribution in [-0.2, 0) is 6.42 Å². The molecule has 2 heterocycles. The first-order valence-corrected chi connectivity index (χ1v) is 4.51. The van der Waals surface area contributed by atoms with Crippen LogP contribution in [0.1, 0.15) is 18.8 Å². The minimum absolute atomic E-state index is 0.674. The molecule has 0 N–H and O–H groups in total. The number of imidazole rings is 1. The van der Waals surface area contributed by atoms with Gasteiger partial charge in [0.25, 0.3) is 0 Å². The Bertz CT molecular complexity index is 260. The van der Waals surface area contributed by atoms with Gasteiger partial charge in [0.2, 0.25) is 0 Å². The molecule has 0 bridgehead atoms. The van der Waals surface area contributed by atoms with Crippen LogP contribution in [0.2, 0.25) is 0 Å². The van der Waals surface area contributed by atoms with Gasteiger partial charge in [0.1, 0.15) is 5.82 Å². The maximum atomic E-state index is 4.31. The molecule has 1 aromatic heterocycles. The summed E-state index contributed by atoms with van der Waals surface area (Å²) < 4.78 is 2.31. The van der Waals surface area contributed by atoms with E-state index in [9.17, 15) is 0 Å². The van der Waals surface area contributed by atoms with Gasteiger partial charge < -0.3 is 9.47 Å². The molecule has 1 fully saturated rings. The molecule has 66 valence electrons. The number of rotatable bonds is 2. The third-order valence-electron chi connectivity index (χ3n) is 2.50. The van der Waals surface area contributed by atoms with Gasteiger partial charge >= 0.3 is 0 Å². The summed E-state index contributed by atoms with van der Waals surface area (Å²) in [5.74, 6) is 1.22. The maximum absolute atomic E-state index is 4.31. The normalized spacial score (nSPS) is 19.5. The molecule has 1 aromatic rings. The first kappa shape index (κ1) is 7.80. The number of aromatic nitrogens is 2. The van der Waals surface area contributed by atoms with Gasteiger partial charge in [0.15, 0.2) is 0 Å². The van der Waals surface area contributed by atoms with Crippen LogP contribution in [0.4, 0.5) is 0 Å². The molecule has 0 aliphatic carbocycles. The van der Waals surface area contributed by atoms with Crippen molar-refractivity contribution in [3.8, 4) is 0 Å². The van der Waals surface area contributed by atoms with Gasteiger partial charge in [-0.05, 0) is 7.05 Å². The molecule has 3 heteroatoms. The molecule has 1 aliphatic heterocycles. The number of likely N-dealkylation sites (tertiary alicyclic amines) is 1. The van der Waals surface area contributed by atoms with Crippen LogP contribution in [0.25, 0.3) is 0 Å². The summed E-state index contributed by atoms with van der Waals surface area (Å²) in [6.07, 6.45) is 5.03. The van der Waals surface area contributed by atoms with Crippen molar-refractivity contribution in [1.82, 2.24) is 14.5 Å². The van der Waals surface area contributed by atoms with Gasteiger partial charge in [0.05, 0.1) is 6.04 Å². The minimum atomic E-state index is 0.674. The molecular weight excluding hydrogens is 150 g/mol. The van der Waals surface area contributed by atoms with Crippen molar-refractivity contribution >= 4 is 0 Å². The third kappa shape index (κ3) is 1.14. The fraction of sp³-hybridized carbons (Fsp3) is 0.667. The fourth-order valence-corrected chi connectivity index (χ4v) is 1.79. The zero-order valence-corrected chi connectivity index (χ0v) is 7.70. The second-order valence-electron chi connectivity index (χ2n) is 3.48. The predicted octanol–water partition coefficient (Wildman–Crippen LogP) is 0.932. The van der Waals surface area contributed by atoms with Crippen molar-refractivity contribution in [1.29, 1.82) is 0 Å². The van der Waals surface area contributed by atoms with Crippen LogP contribution in [0.3, 0.4) is 0 Å². The van der Waals surface area contributed by atoms with Crippen LogP contribution < -0.4 is 0 Å². The Morgan fingerprint density at radius 2 is 2.33 bits per heavy atom. The van der Waals surface area contributed by atoms with Gasteiger partial charge in [-0.3, -0.25) is 0 Å². The molecule has 2 rings (SSSR count). The smallest absolute Gasteiger partial charge is 0.108 e. The molecule has 0 aromatic carbocycles. The number of hydrogen-bond acceptors (Lipinski definition) is 2. The van der Waals surface area contributed by atoms with E-state index in [0.717, 1.165) is 6.42 Å².